The van der Waals surface area contributed by atoms with Crippen LogP contribution in [0.25, 0.3) is 0 Å². The number of carbonyl (C=O) groups excluding carboxylic acids is 2. The first-order valence-electron chi connectivity index (χ1n) is 12.6. The molecule has 0 bridgehead atoms. The molecule has 0 spiro atoms. The van der Waals surface area contributed by atoms with E-state index in [4.69, 9.17) is 0 Å². The number of hydrogen-bond acceptors (Lipinski definition) is 4. The molecule has 1 N–H and O–H groups in total. The van der Waals surface area contributed by atoms with Crippen LogP contribution < -0.4 is 9.62 Å². The van der Waals surface area contributed by atoms with Gasteiger partial charge in [0.25, 0.3) is 10.0 Å². The molecule has 0 aliphatic heterocycles. The van der Waals surface area contributed by atoms with Crippen LogP contribution in [0.4, 0.5) is 10.1 Å². The van der Waals surface area contributed by atoms with Crippen molar-refractivity contribution in [1.29, 1.82) is 0 Å². The molecule has 39 heavy (non-hydrogen) atoms. The van der Waals surface area contributed by atoms with Crippen LogP contribution in [0.1, 0.15) is 31.9 Å². The molecule has 0 aliphatic carbocycles. The molecule has 0 fully saturated rings. The van der Waals surface area contributed by atoms with Crippen LogP contribution in [0.5, 0.6) is 0 Å². The highest BCUT2D eigenvalue weighted by Gasteiger charge is 2.32. The Balaban J connectivity index is 2.01. The average molecular weight is 619 g/mol. The first-order valence-corrected chi connectivity index (χ1v) is 14.8. The summed E-state index contributed by atoms with van der Waals surface area (Å²) in [5.74, 6) is -1.40. The Bertz CT molecular complexity index is 1400. The first kappa shape index (κ1) is 30.3. The third kappa shape index (κ3) is 7.89. The molecule has 2 amide bonds. The number of sulfonamides is 1. The lowest BCUT2D eigenvalue weighted by atomic mass is 10.1. The molecule has 1 atom stereocenters. The number of nitrogens with zero attached hydrogens (tertiary/aromatic N) is 2. The van der Waals surface area contributed by atoms with Gasteiger partial charge in [-0.1, -0.05) is 65.7 Å². The fourth-order valence-electron chi connectivity index (χ4n) is 3.82. The summed E-state index contributed by atoms with van der Waals surface area (Å²) in [6.45, 7) is 6.89. The molecule has 0 saturated heterocycles. The number of aryl methyl sites for hydroxylation is 1. The molecule has 0 aliphatic rings. The summed E-state index contributed by atoms with van der Waals surface area (Å²) >= 11 is 3.35. The number of hydrogen-bond donors (Lipinski definition) is 1. The lowest BCUT2D eigenvalue weighted by Crippen LogP contribution is -2.51. The molecule has 3 aromatic rings. The van der Waals surface area contributed by atoms with E-state index in [1.807, 2.05) is 20.8 Å². The Hall–Kier alpha value is -3.24. The zero-order valence-corrected chi connectivity index (χ0v) is 24.8. The molecule has 10 heteroatoms. The number of anilines is 1. The van der Waals surface area contributed by atoms with Crippen molar-refractivity contribution in [1.82, 2.24) is 10.2 Å². The Labute approximate surface area is 238 Å². The van der Waals surface area contributed by atoms with Gasteiger partial charge < -0.3 is 10.2 Å². The van der Waals surface area contributed by atoms with Crippen molar-refractivity contribution in [3.8, 4) is 0 Å². The summed E-state index contributed by atoms with van der Waals surface area (Å²) in [7, 11) is -4.16. The third-order valence-electron chi connectivity index (χ3n) is 6.15. The zero-order valence-electron chi connectivity index (χ0n) is 22.4. The molecule has 0 saturated carbocycles. The van der Waals surface area contributed by atoms with Gasteiger partial charge in [0.2, 0.25) is 11.8 Å². The van der Waals surface area contributed by atoms with Crippen molar-refractivity contribution in [2.45, 2.75) is 45.2 Å². The second kappa shape index (κ2) is 13.2. The van der Waals surface area contributed by atoms with Crippen molar-refractivity contribution >= 4 is 43.5 Å². The first-order chi connectivity index (χ1) is 18.4. The Morgan fingerprint density at radius 3 is 2.15 bits per heavy atom. The minimum absolute atomic E-state index is 0.0206. The van der Waals surface area contributed by atoms with E-state index < -0.39 is 40.2 Å². The third-order valence-corrected chi connectivity index (χ3v) is 8.47. The molecule has 0 radical (unpaired) electrons. The molecule has 0 unspecified atom stereocenters. The van der Waals surface area contributed by atoms with Crippen LogP contribution in [0.2, 0.25) is 0 Å². The van der Waals surface area contributed by atoms with Gasteiger partial charge in [-0.3, -0.25) is 13.9 Å². The number of halogens is 2. The lowest BCUT2D eigenvalue weighted by molar-refractivity contribution is -0.139. The number of carbonyl (C=O) groups is 2. The highest BCUT2D eigenvalue weighted by atomic mass is 79.9. The van der Waals surface area contributed by atoms with Gasteiger partial charge in [0.1, 0.15) is 18.4 Å². The molecule has 7 nitrogen and oxygen atoms in total. The second-order valence-corrected chi connectivity index (χ2v) is 12.5. The Morgan fingerprint density at radius 2 is 1.56 bits per heavy atom. The number of amides is 2. The maximum absolute atomic E-state index is 14.6. The van der Waals surface area contributed by atoms with Gasteiger partial charge in [-0.25, -0.2) is 12.8 Å². The summed E-state index contributed by atoms with van der Waals surface area (Å²) in [5, 5.41) is 2.81. The smallest absolute Gasteiger partial charge is 0.264 e. The minimum atomic E-state index is -4.16. The molecular weight excluding hydrogens is 585 g/mol. The molecule has 0 heterocycles. The van der Waals surface area contributed by atoms with Gasteiger partial charge in [-0.2, -0.15) is 0 Å². The Kier molecular flexibility index (Phi) is 10.3. The van der Waals surface area contributed by atoms with Gasteiger partial charge >= 0.3 is 0 Å². The maximum atomic E-state index is 14.6. The van der Waals surface area contributed by atoms with Crippen LogP contribution in [0.15, 0.2) is 82.2 Å². The predicted octanol–water partition coefficient (Wildman–Crippen LogP) is 5.28. The molecule has 208 valence electrons. The summed E-state index contributed by atoms with van der Waals surface area (Å²) in [6, 6.07) is 17.9. The van der Waals surface area contributed by atoms with Crippen molar-refractivity contribution in [3.63, 3.8) is 0 Å². The fourth-order valence-corrected chi connectivity index (χ4v) is 5.50. The summed E-state index contributed by atoms with van der Waals surface area (Å²) in [6.07, 6.45) is 0. The van der Waals surface area contributed by atoms with Crippen LogP contribution >= 0.6 is 15.9 Å². The van der Waals surface area contributed by atoms with Crippen molar-refractivity contribution < 1.29 is 22.4 Å². The van der Waals surface area contributed by atoms with E-state index in [1.54, 1.807) is 49.4 Å². The van der Waals surface area contributed by atoms with E-state index in [-0.39, 0.29) is 28.6 Å². The number of rotatable bonds is 11. The van der Waals surface area contributed by atoms with E-state index in [1.165, 1.54) is 35.2 Å². The molecule has 3 aromatic carbocycles. The quantitative estimate of drug-likeness (QED) is 0.317. The SMILES string of the molecule is Cc1ccc(S(=O)(=O)N(CC(=O)N(Cc2ccccc2F)[C@@H](C)C(=O)NCC(C)C)c2ccc(Br)cc2)cc1. The fraction of sp³-hybridized carbons (Fsp3) is 0.310. The van der Waals surface area contributed by atoms with Gasteiger partial charge in [-0.15, -0.1) is 0 Å². The van der Waals surface area contributed by atoms with Gasteiger partial charge in [0.05, 0.1) is 10.6 Å². The second-order valence-electron chi connectivity index (χ2n) is 9.73. The average Bonchev–Trinajstić information content (AvgIpc) is 2.90. The normalized spacial score (nSPS) is 12.2. The number of benzene rings is 3. The molecule has 3 rings (SSSR count). The predicted molar refractivity (Wildman–Crippen MR) is 154 cm³/mol. The van der Waals surface area contributed by atoms with E-state index in [9.17, 15) is 22.4 Å². The van der Waals surface area contributed by atoms with Gasteiger partial charge in [0.15, 0.2) is 0 Å². The maximum Gasteiger partial charge on any atom is 0.264 e. The zero-order chi connectivity index (χ0) is 28.7. The van der Waals surface area contributed by atoms with Crippen LogP contribution in [-0.4, -0.2) is 44.3 Å². The topological polar surface area (TPSA) is 86.8 Å². The van der Waals surface area contributed by atoms with Gasteiger partial charge in [-0.05, 0) is 62.2 Å². The van der Waals surface area contributed by atoms with Crippen LogP contribution in [0, 0.1) is 18.7 Å². The van der Waals surface area contributed by atoms with E-state index >= 15 is 0 Å². The number of nitrogens with one attached hydrogen (secondary N) is 1. The van der Waals surface area contributed by atoms with E-state index in [2.05, 4.69) is 21.2 Å². The monoisotopic (exact) mass is 617 g/mol. The van der Waals surface area contributed by atoms with Crippen LogP contribution in [-0.2, 0) is 26.2 Å². The van der Waals surface area contributed by atoms with Crippen molar-refractivity contribution in [2.24, 2.45) is 5.92 Å². The van der Waals surface area contributed by atoms with Crippen molar-refractivity contribution in [2.75, 3.05) is 17.4 Å². The largest absolute Gasteiger partial charge is 0.354 e. The summed E-state index contributed by atoms with van der Waals surface area (Å²) in [4.78, 5) is 28.0. The standard InChI is InChI=1S/C29H33BrFN3O4S/c1-20(2)17-32-29(36)22(4)33(18-23-7-5-6-8-27(23)31)28(35)19-34(25-13-11-24(30)12-14-25)39(37,38)26-15-9-21(3)10-16-26/h5-16,20,22H,17-19H2,1-4H3,(H,32,36)/t22-/m0/s1. The Morgan fingerprint density at radius 1 is 0.949 bits per heavy atom. The highest BCUT2D eigenvalue weighted by Crippen LogP contribution is 2.26. The van der Waals surface area contributed by atoms with Gasteiger partial charge in [0, 0.05) is 23.1 Å². The summed E-state index contributed by atoms with van der Waals surface area (Å²) < 4.78 is 43.9. The molecule has 0 aromatic heterocycles. The van der Waals surface area contributed by atoms with E-state index in [0.717, 1.165) is 14.3 Å². The van der Waals surface area contributed by atoms with Crippen LogP contribution in [0.3, 0.4) is 0 Å². The molecular formula is C29H33BrFN3O4S. The van der Waals surface area contributed by atoms with Crippen molar-refractivity contribution in [3.05, 3.63) is 94.2 Å². The summed E-state index contributed by atoms with van der Waals surface area (Å²) in [5.41, 5.74) is 1.37. The lowest BCUT2D eigenvalue weighted by Gasteiger charge is -2.32. The van der Waals surface area contributed by atoms with E-state index in [0.29, 0.717) is 6.54 Å². The minimum Gasteiger partial charge on any atom is -0.354 e. The highest BCUT2D eigenvalue weighted by molar-refractivity contribution is 9.10.